The van der Waals surface area contributed by atoms with Gasteiger partial charge in [-0.05, 0) is 64.6 Å². The molecule has 0 bridgehead atoms. The molecular weight excluding hydrogens is 530 g/mol. The van der Waals surface area contributed by atoms with Gasteiger partial charge in [-0.3, -0.25) is 15.0 Å². The number of hydrazine groups is 1. The van der Waals surface area contributed by atoms with Crippen molar-refractivity contribution in [3.8, 4) is 0 Å². The molecule has 0 aliphatic heterocycles. The molecule has 0 aromatic carbocycles. The van der Waals surface area contributed by atoms with Crippen LogP contribution in [0.15, 0.2) is 0 Å². The largest absolute Gasteiger partial charge is 0.480 e. The lowest BCUT2D eigenvalue weighted by molar-refractivity contribution is -0.157. The highest BCUT2D eigenvalue weighted by molar-refractivity contribution is 5.88. The van der Waals surface area contributed by atoms with Crippen LogP contribution < -0.4 is 22.2 Å². The smallest absolute Gasteiger partial charge is 0.328 e. The summed E-state index contributed by atoms with van der Waals surface area (Å²) in [5.74, 6) is -1.84. The molecule has 2 amide bonds. The first-order chi connectivity index (χ1) is 20.4. The lowest BCUT2D eigenvalue weighted by Crippen LogP contribution is -2.58. The van der Waals surface area contributed by atoms with Crippen LogP contribution in [0.4, 0.5) is 0 Å². The number of nitrogens with two attached hydrogens (primary N) is 2. The van der Waals surface area contributed by atoms with Gasteiger partial charge in [-0.15, -0.1) is 0 Å². The van der Waals surface area contributed by atoms with E-state index in [4.69, 9.17) is 11.5 Å². The number of aliphatic carboxylic acids is 1. The second-order valence-electron chi connectivity index (χ2n) is 11.9. The van der Waals surface area contributed by atoms with Crippen molar-refractivity contribution in [2.75, 3.05) is 19.6 Å². The Morgan fingerprint density at radius 2 is 1.12 bits per heavy atom. The van der Waals surface area contributed by atoms with Crippen molar-refractivity contribution in [1.82, 2.24) is 15.8 Å². The maximum atomic E-state index is 13.4. The van der Waals surface area contributed by atoms with Gasteiger partial charge in [0.05, 0.1) is 6.04 Å². The van der Waals surface area contributed by atoms with Crippen molar-refractivity contribution in [3.63, 3.8) is 0 Å². The summed E-state index contributed by atoms with van der Waals surface area (Å²) in [6.07, 6.45) is 23.4. The van der Waals surface area contributed by atoms with Crippen LogP contribution in [0.25, 0.3) is 0 Å². The fourth-order valence-corrected chi connectivity index (χ4v) is 5.22. The number of rotatable bonds is 30. The third kappa shape index (κ3) is 21.9. The zero-order valence-corrected chi connectivity index (χ0v) is 27.3. The third-order valence-electron chi connectivity index (χ3n) is 7.96. The molecule has 0 fully saturated rings. The zero-order chi connectivity index (χ0) is 31.3. The van der Waals surface area contributed by atoms with Crippen LogP contribution in [-0.4, -0.2) is 59.6 Å². The van der Waals surface area contributed by atoms with E-state index in [9.17, 15) is 19.5 Å². The van der Waals surface area contributed by atoms with Gasteiger partial charge < -0.3 is 21.9 Å². The fourth-order valence-electron chi connectivity index (χ4n) is 5.22. The average Bonchev–Trinajstić information content (AvgIpc) is 2.98. The van der Waals surface area contributed by atoms with Gasteiger partial charge in [-0.25, -0.2) is 9.80 Å². The lowest BCUT2D eigenvalue weighted by atomic mass is 10.0. The Morgan fingerprint density at radius 3 is 1.60 bits per heavy atom. The molecule has 0 aromatic rings. The first-order valence-corrected chi connectivity index (χ1v) is 17.4. The molecule has 42 heavy (non-hydrogen) atoms. The topological polar surface area (TPSA) is 151 Å². The summed E-state index contributed by atoms with van der Waals surface area (Å²) in [4.78, 5) is 38.4. The molecule has 0 radical (unpaired) electrons. The van der Waals surface area contributed by atoms with Crippen LogP contribution in [-0.2, 0) is 14.4 Å². The molecule has 0 unspecified atom stereocenters. The van der Waals surface area contributed by atoms with E-state index in [2.05, 4.69) is 17.7 Å². The van der Waals surface area contributed by atoms with Crippen LogP contribution in [0.2, 0.25) is 0 Å². The minimum Gasteiger partial charge on any atom is -0.480 e. The molecule has 0 heterocycles. The Labute approximate surface area is 257 Å². The van der Waals surface area contributed by atoms with Crippen molar-refractivity contribution >= 4 is 17.8 Å². The van der Waals surface area contributed by atoms with Gasteiger partial charge in [0.2, 0.25) is 5.91 Å². The second kappa shape index (κ2) is 29.4. The summed E-state index contributed by atoms with van der Waals surface area (Å²) >= 11 is 0. The Balaban J connectivity index is 4.68. The fraction of sp³-hybridized carbons (Fsp3) is 0.909. The number of hydrogen-bond donors (Lipinski definition) is 5. The number of carbonyl (C=O) groups excluding carboxylic acids is 2. The van der Waals surface area contributed by atoms with E-state index < -0.39 is 18.1 Å². The van der Waals surface area contributed by atoms with Crippen molar-refractivity contribution in [2.24, 2.45) is 11.5 Å². The van der Waals surface area contributed by atoms with E-state index in [1.165, 1.54) is 77.0 Å². The molecule has 0 aliphatic carbocycles. The van der Waals surface area contributed by atoms with Crippen molar-refractivity contribution in [3.05, 3.63) is 0 Å². The molecule has 0 aliphatic rings. The number of carbonyl (C=O) groups is 3. The molecule has 0 rings (SSSR count). The molecule has 7 N–H and O–H groups in total. The summed E-state index contributed by atoms with van der Waals surface area (Å²) in [7, 11) is 0. The monoisotopic (exact) mass is 598 g/mol. The van der Waals surface area contributed by atoms with Gasteiger partial charge >= 0.3 is 5.97 Å². The number of nitrogens with zero attached hydrogens (tertiary/aromatic N) is 1. The number of nitrogens with one attached hydrogen (secondary N) is 2. The third-order valence-corrected chi connectivity index (χ3v) is 7.96. The quantitative estimate of drug-likeness (QED) is 0.0489. The minimum atomic E-state index is -1.12. The van der Waals surface area contributed by atoms with E-state index in [1.54, 1.807) is 0 Å². The predicted molar refractivity (Wildman–Crippen MR) is 174 cm³/mol. The van der Waals surface area contributed by atoms with Crippen molar-refractivity contribution in [2.45, 2.75) is 174 Å². The minimum absolute atomic E-state index is 0.196. The van der Waals surface area contributed by atoms with Crippen LogP contribution in [0.5, 0.6) is 0 Å². The lowest BCUT2D eigenvalue weighted by Gasteiger charge is -2.31. The first kappa shape index (κ1) is 40.3. The van der Waals surface area contributed by atoms with E-state index in [0.29, 0.717) is 45.3 Å². The zero-order valence-electron chi connectivity index (χ0n) is 27.3. The Hall–Kier alpha value is -1.71. The Morgan fingerprint density at radius 1 is 0.643 bits per heavy atom. The summed E-state index contributed by atoms with van der Waals surface area (Å²) in [6, 6.07) is -1.61. The Bertz CT molecular complexity index is 664. The second-order valence-corrected chi connectivity index (χ2v) is 11.9. The van der Waals surface area contributed by atoms with Crippen LogP contribution in [0.1, 0.15) is 162 Å². The molecule has 9 heteroatoms. The number of unbranched alkanes of at least 4 members (excludes halogenated alkanes) is 16. The molecular formula is C33H67N5O4. The van der Waals surface area contributed by atoms with Crippen LogP contribution >= 0.6 is 0 Å². The molecule has 0 saturated carbocycles. The van der Waals surface area contributed by atoms with E-state index in [-0.39, 0.29) is 24.7 Å². The maximum absolute atomic E-state index is 13.4. The number of amides is 2. The maximum Gasteiger partial charge on any atom is 0.328 e. The van der Waals surface area contributed by atoms with E-state index in [1.807, 2.05) is 6.92 Å². The molecule has 2 atom stereocenters. The molecule has 0 saturated heterocycles. The summed E-state index contributed by atoms with van der Waals surface area (Å²) in [5.41, 5.74) is 14.0. The van der Waals surface area contributed by atoms with Crippen molar-refractivity contribution < 1.29 is 19.5 Å². The van der Waals surface area contributed by atoms with Gasteiger partial charge in [0.25, 0.3) is 5.91 Å². The first-order valence-electron chi connectivity index (χ1n) is 17.4. The SMILES string of the molecule is CCCCCCCCCCCCCCCCN[C@@H](CCCCN)C(=O)NN(C(=O)CCCC)[C@@H](CCCCN)C(=O)O. The predicted octanol–water partition coefficient (Wildman–Crippen LogP) is 6.19. The molecule has 248 valence electrons. The number of hydrogen-bond acceptors (Lipinski definition) is 6. The van der Waals surface area contributed by atoms with Gasteiger partial charge in [0.1, 0.15) is 0 Å². The highest BCUT2D eigenvalue weighted by atomic mass is 16.4. The van der Waals surface area contributed by atoms with E-state index >= 15 is 0 Å². The van der Waals surface area contributed by atoms with Gasteiger partial charge in [-0.1, -0.05) is 110 Å². The summed E-state index contributed by atoms with van der Waals surface area (Å²) in [6.45, 7) is 5.95. The van der Waals surface area contributed by atoms with Gasteiger partial charge in [-0.2, -0.15) is 0 Å². The van der Waals surface area contributed by atoms with Crippen LogP contribution in [0, 0.1) is 0 Å². The molecule has 9 nitrogen and oxygen atoms in total. The number of carboxylic acids is 1. The van der Waals surface area contributed by atoms with Crippen molar-refractivity contribution in [1.29, 1.82) is 0 Å². The average molecular weight is 598 g/mol. The highest BCUT2D eigenvalue weighted by Gasteiger charge is 2.32. The standard InChI is InChI=1S/C33H67N5O4/c1-3-5-7-8-9-10-11-12-13-14-15-16-17-22-28-36-29(23-18-20-26-34)32(40)37-38(31(39)25-6-4-2)30(33(41)42)24-19-21-27-35/h29-30,36H,3-28,34-35H2,1-2H3,(H,37,40)(H,41,42)/t29-,30-/m0/s1. The van der Waals surface area contributed by atoms with Crippen LogP contribution in [0.3, 0.4) is 0 Å². The molecule has 0 spiro atoms. The van der Waals surface area contributed by atoms with E-state index in [0.717, 1.165) is 37.1 Å². The summed E-state index contributed by atoms with van der Waals surface area (Å²) < 4.78 is 0. The van der Waals surface area contributed by atoms with Gasteiger partial charge in [0.15, 0.2) is 6.04 Å². The highest BCUT2D eigenvalue weighted by Crippen LogP contribution is 2.14. The number of carboxylic acid groups (broad SMARTS) is 1. The normalized spacial score (nSPS) is 12.7. The summed E-state index contributed by atoms with van der Waals surface area (Å²) in [5, 5.41) is 14.3. The molecule has 0 aromatic heterocycles. The van der Waals surface area contributed by atoms with Gasteiger partial charge in [0, 0.05) is 6.42 Å². The Kier molecular flexibility index (Phi) is 28.2.